The lowest BCUT2D eigenvalue weighted by Crippen LogP contribution is -2.24. The van der Waals surface area contributed by atoms with Crippen molar-refractivity contribution in [3.63, 3.8) is 0 Å². The molecule has 2 aromatic rings. The Morgan fingerprint density at radius 2 is 2.16 bits per heavy atom. The van der Waals surface area contributed by atoms with E-state index < -0.39 is 20.7 Å². The average Bonchev–Trinajstić information content (AvgIpc) is 2.89. The highest BCUT2D eigenvalue weighted by molar-refractivity contribution is 7.89. The van der Waals surface area contributed by atoms with Gasteiger partial charge in [-0.2, -0.15) is 0 Å². The van der Waals surface area contributed by atoms with Gasteiger partial charge in [0, 0.05) is 12.6 Å². The molecule has 0 aliphatic carbocycles. The Labute approximate surface area is 109 Å². The second-order valence-electron chi connectivity index (χ2n) is 3.78. The van der Waals surface area contributed by atoms with Gasteiger partial charge in [0.1, 0.15) is 17.0 Å². The van der Waals surface area contributed by atoms with E-state index in [4.69, 9.17) is 5.73 Å². The summed E-state index contributed by atoms with van der Waals surface area (Å²) in [6.07, 6.45) is 1.32. The zero-order chi connectivity index (χ0) is 13.9. The Bertz CT molecular complexity index is 656. The molecule has 0 aliphatic rings. The molecule has 1 aromatic carbocycles. The first-order chi connectivity index (χ1) is 9.03. The van der Waals surface area contributed by atoms with Crippen molar-refractivity contribution in [3.8, 4) is 0 Å². The second kappa shape index (κ2) is 5.47. The van der Waals surface area contributed by atoms with E-state index >= 15 is 0 Å². The van der Waals surface area contributed by atoms with Gasteiger partial charge in [-0.25, -0.2) is 17.5 Å². The van der Waals surface area contributed by atoms with Crippen LogP contribution in [-0.2, 0) is 23.1 Å². The molecule has 0 aliphatic heterocycles. The predicted octanol–water partition coefficient (Wildman–Crippen LogP) is 0.751. The number of rotatable bonds is 5. The molecule has 0 saturated heterocycles. The number of sulfonamides is 1. The highest BCUT2D eigenvalue weighted by atomic mass is 32.2. The quantitative estimate of drug-likeness (QED) is 0.844. The summed E-state index contributed by atoms with van der Waals surface area (Å²) >= 11 is 0. The topological polar surface area (TPSA) is 98.2 Å². The fourth-order valence-corrected chi connectivity index (χ4v) is 2.52. The molecule has 0 unspecified atom stereocenters. The molecule has 1 aromatic heterocycles. The highest BCUT2D eigenvalue weighted by Gasteiger charge is 2.19. The summed E-state index contributed by atoms with van der Waals surface area (Å²) < 4.78 is 44.3. The van der Waals surface area contributed by atoms with Gasteiger partial charge in [-0.1, -0.05) is 11.2 Å². The number of benzene rings is 1. The maximum absolute atomic E-state index is 13.7. The first-order valence-corrected chi connectivity index (χ1v) is 6.88. The standard InChI is InChI=1S/C11H12FN3O3S/c12-10-5-8(6-13)1-2-11(10)19(16,17)14-7-9-3-4-18-15-9/h1-5,14H,6-7,13H2. The molecule has 2 rings (SSSR count). The number of hydrogen-bond acceptors (Lipinski definition) is 5. The highest BCUT2D eigenvalue weighted by Crippen LogP contribution is 2.16. The van der Waals surface area contributed by atoms with E-state index in [0.717, 1.165) is 6.07 Å². The van der Waals surface area contributed by atoms with Gasteiger partial charge < -0.3 is 10.3 Å². The van der Waals surface area contributed by atoms with E-state index in [2.05, 4.69) is 14.4 Å². The zero-order valence-electron chi connectivity index (χ0n) is 9.84. The molecule has 0 radical (unpaired) electrons. The van der Waals surface area contributed by atoms with E-state index in [0.29, 0.717) is 11.3 Å². The van der Waals surface area contributed by atoms with Crippen LogP contribution in [0.25, 0.3) is 0 Å². The summed E-state index contributed by atoms with van der Waals surface area (Å²) in [6.45, 7) is 0.0700. The van der Waals surface area contributed by atoms with E-state index in [-0.39, 0.29) is 13.1 Å². The lowest BCUT2D eigenvalue weighted by atomic mass is 10.2. The molecule has 0 spiro atoms. The van der Waals surface area contributed by atoms with Crippen molar-refractivity contribution in [2.75, 3.05) is 0 Å². The zero-order valence-corrected chi connectivity index (χ0v) is 10.7. The van der Waals surface area contributed by atoms with Gasteiger partial charge in [0.2, 0.25) is 10.0 Å². The smallest absolute Gasteiger partial charge is 0.243 e. The average molecular weight is 285 g/mol. The molecule has 6 nitrogen and oxygen atoms in total. The summed E-state index contributed by atoms with van der Waals surface area (Å²) in [4.78, 5) is -0.423. The Morgan fingerprint density at radius 1 is 1.37 bits per heavy atom. The lowest BCUT2D eigenvalue weighted by Gasteiger charge is -2.07. The third kappa shape index (κ3) is 3.16. The maximum Gasteiger partial charge on any atom is 0.243 e. The van der Waals surface area contributed by atoms with E-state index in [1.807, 2.05) is 0 Å². The van der Waals surface area contributed by atoms with Gasteiger partial charge in [-0.3, -0.25) is 0 Å². The fraction of sp³-hybridized carbons (Fsp3) is 0.182. The molecule has 0 bridgehead atoms. The Kier molecular flexibility index (Phi) is 3.93. The summed E-state index contributed by atoms with van der Waals surface area (Å²) in [5.41, 5.74) is 6.28. The van der Waals surface area contributed by atoms with Gasteiger partial charge in [0.25, 0.3) is 0 Å². The SMILES string of the molecule is NCc1ccc(S(=O)(=O)NCc2ccon2)c(F)c1. The molecule has 19 heavy (non-hydrogen) atoms. The number of aromatic nitrogens is 1. The second-order valence-corrected chi connectivity index (χ2v) is 5.52. The summed E-state index contributed by atoms with van der Waals surface area (Å²) in [5, 5.41) is 3.55. The largest absolute Gasteiger partial charge is 0.364 e. The van der Waals surface area contributed by atoms with Gasteiger partial charge in [0.05, 0.1) is 12.2 Å². The van der Waals surface area contributed by atoms with Gasteiger partial charge in [-0.05, 0) is 17.7 Å². The van der Waals surface area contributed by atoms with E-state index in [1.54, 1.807) is 0 Å². The van der Waals surface area contributed by atoms with Crippen LogP contribution in [0.1, 0.15) is 11.3 Å². The maximum atomic E-state index is 13.7. The van der Waals surface area contributed by atoms with Gasteiger partial charge in [-0.15, -0.1) is 0 Å². The van der Waals surface area contributed by atoms with Crippen LogP contribution in [0.5, 0.6) is 0 Å². The Morgan fingerprint density at radius 3 is 2.74 bits per heavy atom. The minimum Gasteiger partial charge on any atom is -0.364 e. The molecular weight excluding hydrogens is 273 g/mol. The minimum absolute atomic E-state index is 0.0725. The van der Waals surface area contributed by atoms with Crippen molar-refractivity contribution in [1.29, 1.82) is 0 Å². The molecule has 0 fully saturated rings. The van der Waals surface area contributed by atoms with Gasteiger partial charge >= 0.3 is 0 Å². The number of halogens is 1. The molecule has 0 atom stereocenters. The lowest BCUT2D eigenvalue weighted by molar-refractivity contribution is 0.411. The molecule has 3 N–H and O–H groups in total. The van der Waals surface area contributed by atoms with Crippen molar-refractivity contribution in [1.82, 2.24) is 9.88 Å². The third-order valence-corrected chi connectivity index (χ3v) is 3.89. The third-order valence-electron chi connectivity index (χ3n) is 2.46. The van der Waals surface area contributed by atoms with Crippen LogP contribution in [0.2, 0.25) is 0 Å². The molecule has 1 heterocycles. The minimum atomic E-state index is -3.94. The van der Waals surface area contributed by atoms with Crippen LogP contribution < -0.4 is 10.5 Å². The molecule has 0 saturated carbocycles. The molecule has 0 amide bonds. The van der Waals surface area contributed by atoms with Crippen LogP contribution >= 0.6 is 0 Å². The molecular formula is C11H12FN3O3S. The fourth-order valence-electron chi connectivity index (χ4n) is 1.46. The Hall–Kier alpha value is -1.77. The van der Waals surface area contributed by atoms with E-state index in [9.17, 15) is 12.8 Å². The van der Waals surface area contributed by atoms with Crippen molar-refractivity contribution in [2.24, 2.45) is 5.73 Å². The predicted molar refractivity (Wildman–Crippen MR) is 64.8 cm³/mol. The van der Waals surface area contributed by atoms with Crippen molar-refractivity contribution >= 4 is 10.0 Å². The number of nitrogens with two attached hydrogens (primary N) is 1. The summed E-state index contributed by atoms with van der Waals surface area (Å²) in [7, 11) is -3.94. The van der Waals surface area contributed by atoms with Crippen LogP contribution in [0.3, 0.4) is 0 Å². The summed E-state index contributed by atoms with van der Waals surface area (Å²) in [6, 6.07) is 5.26. The Balaban J connectivity index is 2.19. The molecule has 8 heteroatoms. The number of nitrogens with zero attached hydrogens (tertiary/aromatic N) is 1. The van der Waals surface area contributed by atoms with Gasteiger partial charge in [0.15, 0.2) is 0 Å². The van der Waals surface area contributed by atoms with Crippen LogP contribution in [0, 0.1) is 5.82 Å². The normalized spacial score (nSPS) is 11.7. The van der Waals surface area contributed by atoms with E-state index in [1.165, 1.54) is 24.5 Å². The molecule has 102 valence electrons. The number of hydrogen-bond donors (Lipinski definition) is 2. The van der Waals surface area contributed by atoms with Crippen LogP contribution in [-0.4, -0.2) is 13.6 Å². The first kappa shape index (κ1) is 13.7. The monoisotopic (exact) mass is 285 g/mol. The van der Waals surface area contributed by atoms with Crippen LogP contribution in [0.15, 0.2) is 39.9 Å². The van der Waals surface area contributed by atoms with Crippen molar-refractivity contribution in [2.45, 2.75) is 18.0 Å². The summed E-state index contributed by atoms with van der Waals surface area (Å²) in [5.74, 6) is -0.837. The van der Waals surface area contributed by atoms with Crippen LogP contribution in [0.4, 0.5) is 4.39 Å². The van der Waals surface area contributed by atoms with Crippen molar-refractivity contribution in [3.05, 3.63) is 47.6 Å². The first-order valence-electron chi connectivity index (χ1n) is 5.40. The van der Waals surface area contributed by atoms with Crippen molar-refractivity contribution < 1.29 is 17.3 Å². The number of nitrogens with one attached hydrogen (secondary N) is 1.